The molecule has 0 saturated heterocycles. The number of thioether (sulfide) groups is 1. The van der Waals surface area contributed by atoms with Gasteiger partial charge in [-0.2, -0.15) is 0 Å². The molecule has 35 heavy (non-hydrogen) atoms. The minimum absolute atomic E-state index is 0.0874. The van der Waals surface area contributed by atoms with E-state index < -0.39 is 0 Å². The van der Waals surface area contributed by atoms with E-state index in [4.69, 9.17) is 4.74 Å². The van der Waals surface area contributed by atoms with Gasteiger partial charge in [-0.1, -0.05) is 30.0 Å². The number of hydrogen-bond acceptors (Lipinski definition) is 7. The van der Waals surface area contributed by atoms with Crippen molar-refractivity contribution in [2.24, 2.45) is 0 Å². The summed E-state index contributed by atoms with van der Waals surface area (Å²) in [5, 5.41) is 12.4. The average Bonchev–Trinajstić information content (AvgIpc) is 3.57. The number of aromatic nitrogens is 5. The van der Waals surface area contributed by atoms with Crippen molar-refractivity contribution in [2.75, 3.05) is 5.75 Å². The molecule has 3 heterocycles. The van der Waals surface area contributed by atoms with Gasteiger partial charge in [0.1, 0.15) is 6.10 Å². The van der Waals surface area contributed by atoms with E-state index in [9.17, 15) is 4.79 Å². The second-order valence-corrected chi connectivity index (χ2v) is 9.25. The van der Waals surface area contributed by atoms with Crippen molar-refractivity contribution in [3.63, 3.8) is 0 Å². The summed E-state index contributed by atoms with van der Waals surface area (Å²) in [4.78, 5) is 21.1. The predicted molar refractivity (Wildman–Crippen MR) is 134 cm³/mol. The maximum absolute atomic E-state index is 12.6. The molecule has 1 fully saturated rings. The van der Waals surface area contributed by atoms with Crippen LogP contribution in [0.2, 0.25) is 0 Å². The van der Waals surface area contributed by atoms with Crippen LogP contribution in [-0.2, 0) is 11.3 Å². The maximum atomic E-state index is 12.6. The molecule has 0 unspecified atom stereocenters. The van der Waals surface area contributed by atoms with Crippen LogP contribution in [0.4, 0.5) is 0 Å². The van der Waals surface area contributed by atoms with E-state index in [0.717, 1.165) is 29.7 Å². The third-order valence-corrected chi connectivity index (χ3v) is 6.71. The van der Waals surface area contributed by atoms with Crippen molar-refractivity contribution < 1.29 is 9.53 Å². The van der Waals surface area contributed by atoms with Gasteiger partial charge in [0, 0.05) is 42.5 Å². The Morgan fingerprint density at radius 1 is 1.06 bits per heavy atom. The van der Waals surface area contributed by atoms with Gasteiger partial charge in [-0.25, -0.2) is 4.98 Å². The van der Waals surface area contributed by atoms with Gasteiger partial charge in [0.15, 0.2) is 11.0 Å². The van der Waals surface area contributed by atoms with Crippen LogP contribution in [0.3, 0.4) is 0 Å². The third kappa shape index (κ3) is 5.86. The van der Waals surface area contributed by atoms with E-state index in [1.165, 1.54) is 24.6 Å². The third-order valence-electron chi connectivity index (χ3n) is 5.78. The van der Waals surface area contributed by atoms with Crippen molar-refractivity contribution >= 4 is 17.7 Å². The van der Waals surface area contributed by atoms with E-state index in [-0.39, 0.29) is 17.8 Å². The highest BCUT2D eigenvalue weighted by molar-refractivity contribution is 7.99. The number of carbonyl (C=O) groups excluding carboxylic acids is 1. The van der Waals surface area contributed by atoms with E-state index in [0.29, 0.717) is 23.4 Å². The lowest BCUT2D eigenvalue weighted by Gasteiger charge is -2.13. The zero-order valence-electron chi connectivity index (χ0n) is 19.2. The number of nitrogens with one attached hydrogen (secondary N) is 1. The maximum Gasteiger partial charge on any atom is 0.230 e. The highest BCUT2D eigenvalue weighted by Crippen LogP contribution is 2.27. The minimum atomic E-state index is -0.0874. The topological polar surface area (TPSA) is 94.8 Å². The van der Waals surface area contributed by atoms with Crippen molar-refractivity contribution in [1.82, 2.24) is 30.0 Å². The summed E-state index contributed by atoms with van der Waals surface area (Å²) >= 11 is 1.34. The number of pyridine rings is 2. The normalized spacial score (nSPS) is 13.6. The van der Waals surface area contributed by atoms with Gasteiger partial charge < -0.3 is 10.1 Å². The Morgan fingerprint density at radius 3 is 2.71 bits per heavy atom. The molecule has 4 aromatic rings. The molecule has 178 valence electrons. The molecular weight excluding hydrogens is 460 g/mol. The Labute approximate surface area is 208 Å². The smallest absolute Gasteiger partial charge is 0.230 e. The molecule has 0 aliphatic heterocycles. The first-order valence-electron chi connectivity index (χ1n) is 11.7. The fourth-order valence-corrected chi connectivity index (χ4v) is 4.82. The second kappa shape index (κ2) is 11.1. The molecule has 1 N–H and O–H groups in total. The fraction of sp³-hybridized carbons (Fsp3) is 0.269. The number of hydrogen-bond donors (Lipinski definition) is 1. The van der Waals surface area contributed by atoms with Crippen LogP contribution in [0, 0.1) is 0 Å². The largest absolute Gasteiger partial charge is 0.474 e. The van der Waals surface area contributed by atoms with E-state index >= 15 is 0 Å². The summed E-state index contributed by atoms with van der Waals surface area (Å²) in [5.74, 6) is 1.43. The Morgan fingerprint density at radius 2 is 1.91 bits per heavy atom. The van der Waals surface area contributed by atoms with Gasteiger partial charge in [-0.15, -0.1) is 10.2 Å². The Balaban J connectivity index is 1.23. The first-order chi connectivity index (χ1) is 17.3. The predicted octanol–water partition coefficient (Wildman–Crippen LogP) is 4.45. The molecule has 8 nitrogen and oxygen atoms in total. The van der Waals surface area contributed by atoms with Crippen molar-refractivity contribution in [3.8, 4) is 23.0 Å². The standard InChI is InChI=1S/C26H26N6O2S/c33-23(29-16-19-12-14-28-24(15-19)34-22-10-4-5-11-22)18-35-26-31-30-25(20-7-6-13-27-17-20)32(26)21-8-2-1-3-9-21/h1-3,6-9,12-15,17,22H,4-5,10-11,16,18H2,(H,29,33). The van der Waals surface area contributed by atoms with Crippen molar-refractivity contribution in [3.05, 3.63) is 78.8 Å². The molecule has 1 saturated carbocycles. The molecule has 0 radical (unpaired) electrons. The monoisotopic (exact) mass is 486 g/mol. The highest BCUT2D eigenvalue weighted by atomic mass is 32.2. The number of benzene rings is 1. The van der Waals surface area contributed by atoms with Gasteiger partial charge in [0.25, 0.3) is 0 Å². The highest BCUT2D eigenvalue weighted by Gasteiger charge is 2.18. The summed E-state index contributed by atoms with van der Waals surface area (Å²) in [6.45, 7) is 0.412. The van der Waals surface area contributed by atoms with Crippen molar-refractivity contribution in [2.45, 2.75) is 43.5 Å². The first kappa shape index (κ1) is 23.0. The summed E-state index contributed by atoms with van der Waals surface area (Å²) in [6, 6.07) is 17.5. The van der Waals surface area contributed by atoms with Crippen LogP contribution in [0.1, 0.15) is 31.2 Å². The molecule has 1 aromatic carbocycles. The molecule has 0 bridgehead atoms. The van der Waals surface area contributed by atoms with E-state index in [1.807, 2.05) is 59.2 Å². The first-order valence-corrected chi connectivity index (χ1v) is 12.7. The van der Waals surface area contributed by atoms with Crippen LogP contribution in [0.5, 0.6) is 5.88 Å². The lowest BCUT2D eigenvalue weighted by Crippen LogP contribution is -2.24. The fourth-order valence-electron chi connectivity index (χ4n) is 4.04. The summed E-state index contributed by atoms with van der Waals surface area (Å²) < 4.78 is 7.92. The second-order valence-electron chi connectivity index (χ2n) is 8.31. The number of ether oxygens (including phenoxy) is 1. The number of nitrogens with zero attached hydrogens (tertiary/aromatic N) is 5. The molecular formula is C26H26N6O2S. The van der Waals surface area contributed by atoms with Crippen LogP contribution in [0.25, 0.3) is 17.1 Å². The Bertz CT molecular complexity index is 1260. The zero-order valence-corrected chi connectivity index (χ0v) is 20.0. The Kier molecular flexibility index (Phi) is 7.33. The van der Waals surface area contributed by atoms with Gasteiger partial charge in [-0.3, -0.25) is 14.3 Å². The van der Waals surface area contributed by atoms with Crippen LogP contribution in [-0.4, -0.2) is 42.5 Å². The summed E-state index contributed by atoms with van der Waals surface area (Å²) in [7, 11) is 0. The zero-order chi connectivity index (χ0) is 23.9. The van der Waals surface area contributed by atoms with Gasteiger partial charge in [0.2, 0.25) is 11.8 Å². The summed E-state index contributed by atoms with van der Waals surface area (Å²) in [6.07, 6.45) is 10.0. The van der Waals surface area contributed by atoms with Gasteiger partial charge in [-0.05, 0) is 61.6 Å². The van der Waals surface area contributed by atoms with Gasteiger partial charge in [0.05, 0.1) is 5.75 Å². The molecule has 1 aliphatic carbocycles. The molecule has 3 aromatic heterocycles. The number of amides is 1. The van der Waals surface area contributed by atoms with Crippen LogP contribution in [0.15, 0.2) is 78.3 Å². The molecule has 0 spiro atoms. The molecule has 0 atom stereocenters. The number of rotatable bonds is 9. The van der Waals surface area contributed by atoms with Gasteiger partial charge >= 0.3 is 0 Å². The molecule has 1 aliphatic rings. The quantitative estimate of drug-likeness (QED) is 0.349. The molecule has 5 rings (SSSR count). The Hall–Kier alpha value is -3.72. The SMILES string of the molecule is O=C(CSc1nnc(-c2cccnc2)n1-c1ccccc1)NCc1ccnc(OC2CCCC2)c1. The number of carbonyl (C=O) groups is 1. The minimum Gasteiger partial charge on any atom is -0.474 e. The van der Waals surface area contributed by atoms with Crippen LogP contribution >= 0.6 is 11.8 Å². The molecule has 9 heteroatoms. The lowest BCUT2D eigenvalue weighted by atomic mass is 10.2. The van der Waals surface area contributed by atoms with E-state index in [1.54, 1.807) is 18.6 Å². The number of para-hydroxylation sites is 1. The lowest BCUT2D eigenvalue weighted by molar-refractivity contribution is -0.118. The summed E-state index contributed by atoms with van der Waals surface area (Å²) in [5.41, 5.74) is 2.73. The van der Waals surface area contributed by atoms with E-state index in [2.05, 4.69) is 25.5 Å². The molecule has 1 amide bonds. The van der Waals surface area contributed by atoms with Crippen LogP contribution < -0.4 is 10.1 Å². The van der Waals surface area contributed by atoms with Crippen molar-refractivity contribution in [1.29, 1.82) is 0 Å². The average molecular weight is 487 g/mol.